The van der Waals surface area contributed by atoms with Crippen LogP contribution in [0.3, 0.4) is 0 Å². The predicted octanol–water partition coefficient (Wildman–Crippen LogP) is 1.73. The van der Waals surface area contributed by atoms with Crippen molar-refractivity contribution in [2.45, 2.75) is 13.0 Å². The first-order valence-electron chi connectivity index (χ1n) is 5.55. The normalized spacial score (nSPS) is 19.0. The number of carbonyl (C=O) groups is 2. The van der Waals surface area contributed by atoms with Gasteiger partial charge in [-0.05, 0) is 12.1 Å². The second-order valence-corrected chi connectivity index (χ2v) is 4.12. The Kier molecular flexibility index (Phi) is 3.64. The van der Waals surface area contributed by atoms with Gasteiger partial charge in [-0.15, -0.1) is 0 Å². The van der Waals surface area contributed by atoms with E-state index in [1.165, 1.54) is 23.1 Å². The Labute approximate surface area is 107 Å². The molecule has 0 unspecified atom stereocenters. The molecule has 5 nitrogen and oxygen atoms in total. The fraction of sp³-hybridized carbons (Fsp3) is 0.333. The van der Waals surface area contributed by atoms with Crippen LogP contribution in [0.5, 0.6) is 5.75 Å². The average molecular weight is 271 g/mol. The predicted molar refractivity (Wildman–Crippen MR) is 61.2 cm³/mol. The molecule has 1 heterocycles. The zero-order valence-corrected chi connectivity index (χ0v) is 9.75. The molecule has 1 aromatic rings. The fourth-order valence-electron chi connectivity index (χ4n) is 1.95. The van der Waals surface area contributed by atoms with E-state index in [1.807, 2.05) is 0 Å². The molecular weight excluding hydrogens is 260 g/mol. The minimum absolute atomic E-state index is 0.0340. The molecule has 1 aliphatic heterocycles. The third-order valence-corrected chi connectivity index (χ3v) is 2.83. The van der Waals surface area contributed by atoms with E-state index < -0.39 is 18.5 Å². The van der Waals surface area contributed by atoms with Gasteiger partial charge in [0.2, 0.25) is 5.91 Å². The molecule has 1 aliphatic rings. The zero-order valence-electron chi connectivity index (χ0n) is 9.75. The maximum atomic E-state index is 12.1. The topological polar surface area (TPSA) is 66.8 Å². The summed E-state index contributed by atoms with van der Waals surface area (Å²) in [6.07, 6.45) is -0.0880. The SMILES string of the molecule is O=C(O)[C@@H]1CC(=O)N(c2cccc(OC(F)F)c2)C1. The Morgan fingerprint density at radius 3 is 2.79 bits per heavy atom. The van der Waals surface area contributed by atoms with Gasteiger partial charge in [0, 0.05) is 24.7 Å². The van der Waals surface area contributed by atoms with Crippen LogP contribution in [0.25, 0.3) is 0 Å². The van der Waals surface area contributed by atoms with Crippen LogP contribution in [-0.4, -0.2) is 30.1 Å². The minimum atomic E-state index is -2.95. The van der Waals surface area contributed by atoms with Crippen molar-refractivity contribution in [3.63, 3.8) is 0 Å². The number of amides is 1. The number of hydrogen-bond acceptors (Lipinski definition) is 3. The van der Waals surface area contributed by atoms with Crippen LogP contribution in [0, 0.1) is 5.92 Å². The van der Waals surface area contributed by atoms with Crippen LogP contribution in [0.2, 0.25) is 0 Å². The van der Waals surface area contributed by atoms with Crippen molar-refractivity contribution in [2.75, 3.05) is 11.4 Å². The number of alkyl halides is 2. The second kappa shape index (κ2) is 5.21. The summed E-state index contributed by atoms with van der Waals surface area (Å²) >= 11 is 0. The molecule has 0 aliphatic carbocycles. The van der Waals surface area contributed by atoms with Crippen molar-refractivity contribution in [1.82, 2.24) is 0 Å². The third kappa shape index (κ3) is 2.98. The smallest absolute Gasteiger partial charge is 0.387 e. The molecule has 0 aromatic heterocycles. The van der Waals surface area contributed by atoms with E-state index in [1.54, 1.807) is 6.07 Å². The Morgan fingerprint density at radius 1 is 1.47 bits per heavy atom. The van der Waals surface area contributed by atoms with Crippen LogP contribution in [0.1, 0.15) is 6.42 Å². The number of anilines is 1. The van der Waals surface area contributed by atoms with Gasteiger partial charge in [0.15, 0.2) is 0 Å². The number of carboxylic acids is 1. The molecule has 19 heavy (non-hydrogen) atoms. The summed E-state index contributed by atoms with van der Waals surface area (Å²) < 4.78 is 28.4. The highest BCUT2D eigenvalue weighted by molar-refractivity contribution is 5.99. The summed E-state index contributed by atoms with van der Waals surface area (Å²) in [7, 11) is 0. The zero-order chi connectivity index (χ0) is 14.0. The molecular formula is C12H11F2NO4. The molecule has 2 rings (SSSR count). The first-order valence-corrected chi connectivity index (χ1v) is 5.55. The number of carbonyl (C=O) groups excluding carboxylic acids is 1. The lowest BCUT2D eigenvalue weighted by atomic mass is 10.1. The van der Waals surface area contributed by atoms with Gasteiger partial charge in [-0.3, -0.25) is 9.59 Å². The second-order valence-electron chi connectivity index (χ2n) is 4.12. The van der Waals surface area contributed by atoms with E-state index in [4.69, 9.17) is 5.11 Å². The number of carboxylic acid groups (broad SMARTS) is 1. The molecule has 1 N–H and O–H groups in total. The van der Waals surface area contributed by atoms with Gasteiger partial charge in [-0.25, -0.2) is 0 Å². The van der Waals surface area contributed by atoms with Gasteiger partial charge in [-0.1, -0.05) is 6.07 Å². The van der Waals surface area contributed by atoms with Crippen molar-refractivity contribution in [2.24, 2.45) is 5.92 Å². The van der Waals surface area contributed by atoms with Crippen molar-refractivity contribution in [3.05, 3.63) is 24.3 Å². The molecule has 7 heteroatoms. The minimum Gasteiger partial charge on any atom is -0.481 e. The average Bonchev–Trinajstić information content (AvgIpc) is 2.71. The highest BCUT2D eigenvalue weighted by atomic mass is 19.3. The van der Waals surface area contributed by atoms with E-state index >= 15 is 0 Å². The summed E-state index contributed by atoms with van der Waals surface area (Å²) in [6, 6.07) is 5.63. The van der Waals surface area contributed by atoms with Gasteiger partial charge in [0.25, 0.3) is 0 Å². The van der Waals surface area contributed by atoms with E-state index in [0.29, 0.717) is 5.69 Å². The summed E-state index contributed by atoms with van der Waals surface area (Å²) in [5.74, 6) is -2.23. The molecule has 1 atom stereocenters. The highest BCUT2D eigenvalue weighted by Gasteiger charge is 2.35. The number of ether oxygens (including phenoxy) is 1. The van der Waals surface area contributed by atoms with Crippen LogP contribution >= 0.6 is 0 Å². The maximum absolute atomic E-state index is 12.1. The first kappa shape index (κ1) is 13.3. The molecule has 0 bridgehead atoms. The molecule has 1 saturated heterocycles. The molecule has 0 saturated carbocycles. The molecule has 0 spiro atoms. The van der Waals surface area contributed by atoms with E-state index in [2.05, 4.69) is 4.74 Å². The summed E-state index contributed by atoms with van der Waals surface area (Å²) in [5, 5.41) is 8.87. The monoisotopic (exact) mass is 271 g/mol. The number of halogens is 2. The maximum Gasteiger partial charge on any atom is 0.387 e. The van der Waals surface area contributed by atoms with Crippen LogP contribution in [0.4, 0.5) is 14.5 Å². The summed E-state index contributed by atoms with van der Waals surface area (Å²) in [4.78, 5) is 23.8. The lowest BCUT2D eigenvalue weighted by molar-refractivity contribution is -0.141. The van der Waals surface area contributed by atoms with Crippen LogP contribution in [0.15, 0.2) is 24.3 Å². The standard InChI is InChI=1S/C12H11F2NO4/c13-12(14)19-9-3-1-2-8(5-9)15-6-7(11(17)18)4-10(15)16/h1-3,5,7,12H,4,6H2,(H,17,18)/t7-/m1/s1. The van der Waals surface area contributed by atoms with E-state index in [-0.39, 0.29) is 24.6 Å². The van der Waals surface area contributed by atoms with Crippen LogP contribution in [-0.2, 0) is 9.59 Å². The first-order chi connectivity index (χ1) is 8.97. The number of hydrogen-bond donors (Lipinski definition) is 1. The van der Waals surface area contributed by atoms with Crippen molar-refractivity contribution in [3.8, 4) is 5.75 Å². The Bertz CT molecular complexity index is 506. The number of aliphatic carboxylic acids is 1. The largest absolute Gasteiger partial charge is 0.481 e. The Hall–Kier alpha value is -2.18. The molecule has 0 radical (unpaired) electrons. The quantitative estimate of drug-likeness (QED) is 0.905. The van der Waals surface area contributed by atoms with Gasteiger partial charge in [0.05, 0.1) is 5.92 Å². The highest BCUT2D eigenvalue weighted by Crippen LogP contribution is 2.28. The lowest BCUT2D eigenvalue weighted by Gasteiger charge is -2.17. The fourth-order valence-corrected chi connectivity index (χ4v) is 1.95. The van der Waals surface area contributed by atoms with Crippen molar-refractivity contribution >= 4 is 17.6 Å². The summed E-state index contributed by atoms with van der Waals surface area (Å²) in [5.41, 5.74) is 0.354. The third-order valence-electron chi connectivity index (χ3n) is 2.83. The Morgan fingerprint density at radius 2 is 2.21 bits per heavy atom. The lowest BCUT2D eigenvalue weighted by Crippen LogP contribution is -2.25. The van der Waals surface area contributed by atoms with Gasteiger partial charge >= 0.3 is 12.6 Å². The van der Waals surface area contributed by atoms with E-state index in [0.717, 1.165) is 0 Å². The molecule has 1 amide bonds. The summed E-state index contributed by atoms with van der Waals surface area (Å²) in [6.45, 7) is -2.91. The van der Waals surface area contributed by atoms with Gasteiger partial charge in [0.1, 0.15) is 5.75 Å². The molecule has 102 valence electrons. The number of rotatable bonds is 4. The van der Waals surface area contributed by atoms with Gasteiger partial charge in [-0.2, -0.15) is 8.78 Å². The molecule has 1 aromatic carbocycles. The van der Waals surface area contributed by atoms with Crippen molar-refractivity contribution in [1.29, 1.82) is 0 Å². The van der Waals surface area contributed by atoms with Gasteiger partial charge < -0.3 is 14.7 Å². The Balaban J connectivity index is 2.18. The molecule has 1 fully saturated rings. The van der Waals surface area contributed by atoms with Crippen molar-refractivity contribution < 1.29 is 28.2 Å². The number of nitrogens with zero attached hydrogens (tertiary/aromatic N) is 1. The number of benzene rings is 1. The van der Waals surface area contributed by atoms with E-state index in [9.17, 15) is 18.4 Å². The van der Waals surface area contributed by atoms with Crippen LogP contribution < -0.4 is 9.64 Å².